The summed E-state index contributed by atoms with van der Waals surface area (Å²) in [6.07, 6.45) is 1.63. The van der Waals surface area contributed by atoms with Gasteiger partial charge in [0.15, 0.2) is 11.5 Å². The zero-order chi connectivity index (χ0) is 22.9. The number of pyridine rings is 2. The third-order valence-electron chi connectivity index (χ3n) is 5.25. The van der Waals surface area contributed by atoms with Crippen LogP contribution < -0.4 is 5.73 Å². The first-order valence-corrected chi connectivity index (χ1v) is 10.5. The summed E-state index contributed by atoms with van der Waals surface area (Å²) in [5.74, 6) is 0.544. The molecule has 162 valence electrons. The first-order chi connectivity index (χ1) is 16.0. The number of hydrogen-bond donors (Lipinski definition) is 1. The number of nitrogen functional groups attached to an aromatic ring is 1. The van der Waals surface area contributed by atoms with Gasteiger partial charge in [0.05, 0.1) is 23.9 Å². The molecule has 0 amide bonds. The van der Waals surface area contributed by atoms with Gasteiger partial charge in [-0.15, -0.1) is 0 Å². The minimum Gasteiger partial charge on any atom is -0.465 e. The number of rotatable bonds is 4. The van der Waals surface area contributed by atoms with Crippen LogP contribution in [0.15, 0.2) is 79.0 Å². The number of benzene rings is 2. The van der Waals surface area contributed by atoms with Crippen molar-refractivity contribution in [3.8, 4) is 28.3 Å². The van der Waals surface area contributed by atoms with E-state index in [2.05, 4.69) is 4.98 Å². The van der Waals surface area contributed by atoms with E-state index in [1.807, 2.05) is 59.2 Å². The predicted octanol–water partition coefficient (Wildman–Crippen LogP) is 5.17. The molecule has 2 aromatic carbocycles. The van der Waals surface area contributed by atoms with Crippen molar-refractivity contribution in [1.29, 1.82) is 0 Å². The highest BCUT2D eigenvalue weighted by atomic mass is 35.5. The molecule has 3 heterocycles. The Balaban J connectivity index is 1.76. The second-order valence-corrected chi connectivity index (χ2v) is 7.73. The van der Waals surface area contributed by atoms with E-state index in [0.717, 1.165) is 16.9 Å². The lowest BCUT2D eigenvalue weighted by molar-refractivity contribution is 0.0600. The number of carbonyl (C=O) groups is 1. The smallest absolute Gasteiger partial charge is 0.337 e. The highest BCUT2D eigenvalue weighted by molar-refractivity contribution is 6.30. The number of esters is 1. The third-order valence-corrected chi connectivity index (χ3v) is 5.49. The van der Waals surface area contributed by atoms with Crippen molar-refractivity contribution >= 4 is 34.6 Å². The van der Waals surface area contributed by atoms with Gasteiger partial charge in [-0.1, -0.05) is 23.7 Å². The van der Waals surface area contributed by atoms with E-state index in [1.165, 1.54) is 7.11 Å². The maximum Gasteiger partial charge on any atom is 0.337 e. The summed E-state index contributed by atoms with van der Waals surface area (Å²) in [6.45, 7) is 0. The molecule has 0 bridgehead atoms. The number of anilines is 1. The fourth-order valence-electron chi connectivity index (χ4n) is 3.66. The van der Waals surface area contributed by atoms with Crippen LogP contribution >= 0.6 is 11.6 Å². The summed E-state index contributed by atoms with van der Waals surface area (Å²) in [7, 11) is 1.35. The number of hydrogen-bond acceptors (Lipinski definition) is 6. The molecular formula is C25H18ClN5O2. The molecule has 5 aromatic rings. The van der Waals surface area contributed by atoms with Crippen LogP contribution in [0.25, 0.3) is 39.5 Å². The minimum atomic E-state index is -0.407. The standard InChI is InChI=1S/C25H18ClN5O2/c1-33-25(32)15-7-9-18(10-8-15)31-23(19-6-3-13-28-22(19)27)30-21-12-11-20(29-24(21)31)16-4-2-5-17(26)14-16/h2-14H,1H3,(H2,27,28). The monoisotopic (exact) mass is 455 g/mol. The van der Waals surface area contributed by atoms with E-state index in [-0.39, 0.29) is 0 Å². The molecule has 8 heteroatoms. The number of methoxy groups -OCH3 is 1. The molecule has 0 aliphatic carbocycles. The zero-order valence-electron chi connectivity index (χ0n) is 17.6. The largest absolute Gasteiger partial charge is 0.465 e. The number of nitrogens with zero attached hydrogens (tertiary/aromatic N) is 4. The molecule has 7 nitrogen and oxygen atoms in total. The fourth-order valence-corrected chi connectivity index (χ4v) is 3.85. The predicted molar refractivity (Wildman–Crippen MR) is 128 cm³/mol. The number of halogens is 1. The summed E-state index contributed by atoms with van der Waals surface area (Å²) >= 11 is 6.19. The Kier molecular flexibility index (Phi) is 5.24. The van der Waals surface area contributed by atoms with E-state index < -0.39 is 5.97 Å². The first-order valence-electron chi connectivity index (χ1n) is 10.1. The van der Waals surface area contributed by atoms with E-state index in [9.17, 15) is 4.79 Å². The summed E-state index contributed by atoms with van der Waals surface area (Å²) in [4.78, 5) is 25.8. The average molecular weight is 456 g/mol. The van der Waals surface area contributed by atoms with Crippen LogP contribution in [0.4, 0.5) is 5.82 Å². The second kappa shape index (κ2) is 8.37. The Bertz CT molecular complexity index is 1500. The van der Waals surface area contributed by atoms with Crippen LogP contribution in [-0.4, -0.2) is 32.6 Å². The fraction of sp³-hybridized carbons (Fsp3) is 0.0400. The number of fused-ring (bicyclic) bond motifs is 1. The topological polar surface area (TPSA) is 95.9 Å². The minimum absolute atomic E-state index is 0.357. The van der Waals surface area contributed by atoms with Gasteiger partial charge >= 0.3 is 5.97 Å². The third kappa shape index (κ3) is 3.79. The Morgan fingerprint density at radius 1 is 1.00 bits per heavy atom. The number of ether oxygens (including phenoxy) is 1. The molecule has 0 saturated carbocycles. The Hall–Kier alpha value is -4.23. The molecular weight excluding hydrogens is 438 g/mol. The van der Waals surface area contributed by atoms with E-state index >= 15 is 0 Å². The number of carbonyl (C=O) groups excluding carboxylic acids is 1. The normalized spacial score (nSPS) is 11.0. The van der Waals surface area contributed by atoms with E-state index in [1.54, 1.807) is 24.4 Å². The maximum absolute atomic E-state index is 11.9. The number of nitrogens with two attached hydrogens (primary N) is 1. The molecule has 0 fully saturated rings. The van der Waals surface area contributed by atoms with E-state index in [0.29, 0.717) is 39.0 Å². The van der Waals surface area contributed by atoms with Gasteiger partial charge in [0, 0.05) is 22.5 Å². The lowest BCUT2D eigenvalue weighted by atomic mass is 10.1. The van der Waals surface area contributed by atoms with Gasteiger partial charge in [-0.3, -0.25) is 4.57 Å². The molecule has 0 radical (unpaired) electrons. The van der Waals surface area contributed by atoms with Gasteiger partial charge in [0.1, 0.15) is 11.3 Å². The van der Waals surface area contributed by atoms with Crippen LogP contribution in [0.1, 0.15) is 10.4 Å². The van der Waals surface area contributed by atoms with Gasteiger partial charge in [0.2, 0.25) is 0 Å². The van der Waals surface area contributed by atoms with Crippen molar-refractivity contribution in [2.24, 2.45) is 0 Å². The number of imidazole rings is 1. The molecule has 33 heavy (non-hydrogen) atoms. The average Bonchev–Trinajstić information content (AvgIpc) is 3.22. The van der Waals surface area contributed by atoms with Gasteiger partial charge in [-0.25, -0.2) is 19.7 Å². The van der Waals surface area contributed by atoms with Gasteiger partial charge in [-0.2, -0.15) is 0 Å². The van der Waals surface area contributed by atoms with Gasteiger partial charge in [0.25, 0.3) is 0 Å². The van der Waals surface area contributed by atoms with Gasteiger partial charge < -0.3 is 10.5 Å². The molecule has 0 spiro atoms. The maximum atomic E-state index is 11.9. The van der Waals surface area contributed by atoms with Crippen LogP contribution in [-0.2, 0) is 4.74 Å². The summed E-state index contributed by atoms with van der Waals surface area (Å²) in [5.41, 5.74) is 11.0. The zero-order valence-corrected chi connectivity index (χ0v) is 18.3. The molecule has 0 atom stereocenters. The molecule has 5 rings (SSSR count). The van der Waals surface area contributed by atoms with Crippen LogP contribution in [0.3, 0.4) is 0 Å². The Morgan fingerprint density at radius 2 is 1.82 bits per heavy atom. The SMILES string of the molecule is COC(=O)c1ccc(-n2c(-c3cccnc3N)nc3ccc(-c4cccc(Cl)c4)nc32)cc1. The molecule has 0 aliphatic rings. The first kappa shape index (κ1) is 20.7. The van der Waals surface area contributed by atoms with Crippen molar-refractivity contribution in [3.63, 3.8) is 0 Å². The molecule has 0 unspecified atom stereocenters. The Labute approximate surface area is 194 Å². The van der Waals surface area contributed by atoms with Crippen molar-refractivity contribution in [3.05, 3.63) is 89.6 Å². The van der Waals surface area contributed by atoms with Gasteiger partial charge in [-0.05, 0) is 60.7 Å². The summed E-state index contributed by atoms with van der Waals surface area (Å²) in [5, 5.41) is 0.630. The molecule has 2 N–H and O–H groups in total. The highest BCUT2D eigenvalue weighted by Crippen LogP contribution is 2.32. The van der Waals surface area contributed by atoms with Crippen molar-refractivity contribution in [2.75, 3.05) is 12.8 Å². The lowest BCUT2D eigenvalue weighted by Gasteiger charge is -2.11. The Morgan fingerprint density at radius 3 is 2.55 bits per heavy atom. The van der Waals surface area contributed by atoms with Crippen molar-refractivity contribution in [1.82, 2.24) is 19.5 Å². The summed E-state index contributed by atoms with van der Waals surface area (Å²) in [6, 6.07) is 22.0. The van der Waals surface area contributed by atoms with Crippen molar-refractivity contribution < 1.29 is 9.53 Å². The van der Waals surface area contributed by atoms with Crippen molar-refractivity contribution in [2.45, 2.75) is 0 Å². The van der Waals surface area contributed by atoms with Crippen LogP contribution in [0.2, 0.25) is 5.02 Å². The molecule has 0 saturated heterocycles. The van der Waals surface area contributed by atoms with Crippen LogP contribution in [0.5, 0.6) is 0 Å². The lowest BCUT2D eigenvalue weighted by Crippen LogP contribution is -2.04. The molecule has 0 aliphatic heterocycles. The summed E-state index contributed by atoms with van der Waals surface area (Å²) < 4.78 is 6.71. The highest BCUT2D eigenvalue weighted by Gasteiger charge is 2.19. The molecule has 3 aromatic heterocycles. The van der Waals surface area contributed by atoms with Crippen LogP contribution in [0, 0.1) is 0 Å². The van der Waals surface area contributed by atoms with E-state index in [4.69, 9.17) is 32.0 Å². The quantitative estimate of drug-likeness (QED) is 0.375. The second-order valence-electron chi connectivity index (χ2n) is 7.30. The number of aromatic nitrogens is 4.